The number of ether oxygens (including phenoxy) is 1. The molecule has 2 rings (SSSR count). The van der Waals surface area contributed by atoms with Crippen molar-refractivity contribution >= 4 is 18.1 Å². The number of nitrogens with zero attached hydrogens (tertiary/aromatic N) is 2. The number of amides is 2. The van der Waals surface area contributed by atoms with E-state index in [0.717, 1.165) is 18.6 Å². The van der Waals surface area contributed by atoms with Gasteiger partial charge in [0.25, 0.3) is 0 Å². The monoisotopic (exact) mass is 348 g/mol. The van der Waals surface area contributed by atoms with Gasteiger partial charge in [0.05, 0.1) is 0 Å². The zero-order valence-electron chi connectivity index (χ0n) is 15.7. The van der Waals surface area contributed by atoms with Crippen molar-refractivity contribution in [1.82, 2.24) is 9.80 Å². The molecule has 0 bridgehead atoms. The van der Waals surface area contributed by atoms with Crippen LogP contribution in [-0.2, 0) is 9.53 Å². The van der Waals surface area contributed by atoms with Gasteiger partial charge in [-0.1, -0.05) is 0 Å². The van der Waals surface area contributed by atoms with Crippen LogP contribution in [0.3, 0.4) is 0 Å². The Morgan fingerprint density at radius 1 is 1.28 bits per heavy atom. The molecule has 0 atom stereocenters. The Morgan fingerprint density at radius 3 is 2.44 bits per heavy atom. The molecule has 1 saturated heterocycles. The quantitative estimate of drug-likeness (QED) is 0.785. The first-order chi connectivity index (χ1) is 11.7. The maximum atomic E-state index is 12.3. The summed E-state index contributed by atoms with van der Waals surface area (Å²) in [6, 6.07) is 3.81. The van der Waals surface area contributed by atoms with Gasteiger partial charge in [-0.15, -0.1) is 0 Å². The lowest BCUT2D eigenvalue weighted by Crippen LogP contribution is -2.48. The van der Waals surface area contributed by atoms with Crippen LogP contribution in [0.4, 0.5) is 4.79 Å². The molecule has 1 aliphatic heterocycles. The minimum Gasteiger partial charge on any atom is -0.462 e. The number of carbonyl (C=O) groups excluding carboxylic acids is 2. The molecule has 1 fully saturated rings. The highest BCUT2D eigenvalue weighted by Gasteiger charge is 2.29. The Labute approximate surface area is 149 Å². The van der Waals surface area contributed by atoms with Crippen LogP contribution in [0.5, 0.6) is 0 Å². The van der Waals surface area contributed by atoms with Crippen LogP contribution in [0.25, 0.3) is 6.08 Å². The van der Waals surface area contributed by atoms with Gasteiger partial charge < -0.3 is 19.0 Å². The number of likely N-dealkylation sites (N-methyl/N-ethyl adjacent to an activating group) is 1. The highest BCUT2D eigenvalue weighted by atomic mass is 16.6. The Balaban J connectivity index is 1.84. The molecule has 0 radical (unpaired) electrons. The third-order valence-corrected chi connectivity index (χ3v) is 4.16. The third kappa shape index (κ3) is 5.66. The van der Waals surface area contributed by atoms with Gasteiger partial charge in [-0.3, -0.25) is 4.79 Å². The molecule has 1 aromatic heterocycles. The van der Waals surface area contributed by atoms with Crippen molar-refractivity contribution in [3.8, 4) is 0 Å². The second kappa shape index (κ2) is 7.76. The molecule has 1 aromatic rings. The van der Waals surface area contributed by atoms with E-state index in [1.165, 1.54) is 6.08 Å². The van der Waals surface area contributed by atoms with E-state index in [-0.39, 0.29) is 18.0 Å². The lowest BCUT2D eigenvalue weighted by molar-refractivity contribution is -0.127. The number of piperidine rings is 1. The molecule has 0 N–H and O–H groups in total. The Bertz CT molecular complexity index is 634. The average molecular weight is 348 g/mol. The molecule has 2 amide bonds. The Kier molecular flexibility index (Phi) is 5.93. The van der Waals surface area contributed by atoms with Crippen LogP contribution in [0.15, 0.2) is 22.6 Å². The van der Waals surface area contributed by atoms with Crippen molar-refractivity contribution in [3.63, 3.8) is 0 Å². The van der Waals surface area contributed by atoms with Gasteiger partial charge in [0, 0.05) is 32.3 Å². The second-order valence-corrected chi connectivity index (χ2v) is 7.43. The smallest absolute Gasteiger partial charge is 0.410 e. The summed E-state index contributed by atoms with van der Waals surface area (Å²) in [5.41, 5.74) is -0.490. The maximum Gasteiger partial charge on any atom is 0.410 e. The topological polar surface area (TPSA) is 63.0 Å². The Morgan fingerprint density at radius 2 is 1.92 bits per heavy atom. The number of aryl methyl sites for hydroxylation is 1. The molecule has 25 heavy (non-hydrogen) atoms. The van der Waals surface area contributed by atoms with Gasteiger partial charge in [0.1, 0.15) is 17.1 Å². The first-order valence-corrected chi connectivity index (χ1v) is 8.65. The van der Waals surface area contributed by atoms with E-state index >= 15 is 0 Å². The molecule has 6 heteroatoms. The van der Waals surface area contributed by atoms with Crippen molar-refractivity contribution < 1.29 is 18.7 Å². The van der Waals surface area contributed by atoms with E-state index in [1.54, 1.807) is 22.9 Å². The van der Waals surface area contributed by atoms with Crippen molar-refractivity contribution in [1.29, 1.82) is 0 Å². The Hall–Kier alpha value is -2.24. The highest BCUT2D eigenvalue weighted by Crippen LogP contribution is 2.19. The molecule has 0 unspecified atom stereocenters. The number of likely N-dealkylation sites (tertiary alicyclic amines) is 1. The van der Waals surface area contributed by atoms with Gasteiger partial charge in [-0.05, 0) is 58.7 Å². The molecular formula is C19H28N2O4. The number of furan rings is 1. The number of hydrogen-bond acceptors (Lipinski definition) is 4. The SMILES string of the molecule is Cc1ccc(C=CC(=O)N(C)C2CCN(C(=O)OC(C)(C)C)CC2)o1. The molecule has 0 spiro atoms. The first kappa shape index (κ1) is 19.1. The van der Waals surface area contributed by atoms with E-state index < -0.39 is 5.60 Å². The lowest BCUT2D eigenvalue weighted by Gasteiger charge is -2.37. The summed E-state index contributed by atoms with van der Waals surface area (Å²) < 4.78 is 10.8. The summed E-state index contributed by atoms with van der Waals surface area (Å²) >= 11 is 0. The predicted octanol–water partition coefficient (Wildman–Crippen LogP) is 3.46. The summed E-state index contributed by atoms with van der Waals surface area (Å²) in [5, 5.41) is 0. The number of hydrogen-bond donors (Lipinski definition) is 0. The zero-order valence-corrected chi connectivity index (χ0v) is 15.7. The highest BCUT2D eigenvalue weighted by molar-refractivity contribution is 5.91. The van der Waals surface area contributed by atoms with Crippen LogP contribution in [-0.4, -0.2) is 53.6 Å². The lowest BCUT2D eigenvalue weighted by atomic mass is 10.0. The van der Waals surface area contributed by atoms with E-state index in [0.29, 0.717) is 18.8 Å². The van der Waals surface area contributed by atoms with E-state index in [1.807, 2.05) is 39.8 Å². The summed E-state index contributed by atoms with van der Waals surface area (Å²) in [6.45, 7) is 8.63. The van der Waals surface area contributed by atoms with Gasteiger partial charge in [-0.2, -0.15) is 0 Å². The third-order valence-electron chi connectivity index (χ3n) is 4.16. The summed E-state index contributed by atoms with van der Waals surface area (Å²) in [4.78, 5) is 27.8. The van der Waals surface area contributed by atoms with Gasteiger partial charge in [0.15, 0.2) is 0 Å². The fraction of sp³-hybridized carbons (Fsp3) is 0.579. The second-order valence-electron chi connectivity index (χ2n) is 7.43. The molecule has 6 nitrogen and oxygen atoms in total. The van der Waals surface area contributed by atoms with E-state index in [2.05, 4.69) is 0 Å². The van der Waals surface area contributed by atoms with Crippen molar-refractivity contribution in [2.45, 2.75) is 52.2 Å². The predicted molar refractivity (Wildman–Crippen MR) is 96.1 cm³/mol. The fourth-order valence-electron chi connectivity index (χ4n) is 2.76. The zero-order chi connectivity index (χ0) is 18.6. The molecular weight excluding hydrogens is 320 g/mol. The number of rotatable bonds is 3. The van der Waals surface area contributed by atoms with Crippen LogP contribution in [0.2, 0.25) is 0 Å². The van der Waals surface area contributed by atoms with E-state index in [9.17, 15) is 9.59 Å². The maximum absolute atomic E-state index is 12.3. The van der Waals surface area contributed by atoms with Crippen LogP contribution in [0.1, 0.15) is 45.1 Å². The minimum atomic E-state index is -0.490. The van der Waals surface area contributed by atoms with Gasteiger partial charge >= 0.3 is 6.09 Å². The standard InChI is InChI=1S/C19H28N2O4/c1-14-6-7-16(24-14)8-9-17(22)20(5)15-10-12-21(13-11-15)18(23)25-19(2,3)4/h6-9,15H,10-13H2,1-5H3. The van der Waals surface area contributed by atoms with Crippen LogP contribution in [0, 0.1) is 6.92 Å². The van der Waals surface area contributed by atoms with Crippen molar-refractivity contribution in [3.05, 3.63) is 29.7 Å². The largest absolute Gasteiger partial charge is 0.462 e. The fourth-order valence-corrected chi connectivity index (χ4v) is 2.76. The van der Waals surface area contributed by atoms with Crippen LogP contribution < -0.4 is 0 Å². The first-order valence-electron chi connectivity index (χ1n) is 8.65. The summed E-state index contributed by atoms with van der Waals surface area (Å²) in [6.07, 6.45) is 4.41. The molecule has 138 valence electrons. The van der Waals surface area contributed by atoms with Crippen LogP contribution >= 0.6 is 0 Å². The van der Waals surface area contributed by atoms with Gasteiger partial charge in [-0.25, -0.2) is 4.79 Å². The minimum absolute atomic E-state index is 0.0650. The number of carbonyl (C=O) groups is 2. The van der Waals surface area contributed by atoms with Gasteiger partial charge in [0.2, 0.25) is 5.91 Å². The summed E-state index contributed by atoms with van der Waals surface area (Å²) in [7, 11) is 1.80. The normalized spacial score (nSPS) is 16.3. The summed E-state index contributed by atoms with van der Waals surface area (Å²) in [5.74, 6) is 1.42. The molecule has 2 heterocycles. The molecule has 0 aromatic carbocycles. The molecule has 0 saturated carbocycles. The average Bonchev–Trinajstić information content (AvgIpc) is 2.96. The molecule has 0 aliphatic carbocycles. The van der Waals surface area contributed by atoms with E-state index in [4.69, 9.17) is 9.15 Å². The molecule has 1 aliphatic rings. The van der Waals surface area contributed by atoms with Crippen molar-refractivity contribution in [2.24, 2.45) is 0 Å². The van der Waals surface area contributed by atoms with Crippen molar-refractivity contribution in [2.75, 3.05) is 20.1 Å².